The van der Waals surface area contributed by atoms with E-state index >= 15 is 0 Å². The van der Waals surface area contributed by atoms with Gasteiger partial charge in [-0.05, 0) is 54.6 Å². The van der Waals surface area contributed by atoms with Crippen molar-refractivity contribution < 1.29 is 9.21 Å². The van der Waals surface area contributed by atoms with Crippen LogP contribution < -0.4 is 5.32 Å². The molecule has 2 rings (SSSR count). The molecule has 19 heavy (non-hydrogen) atoms. The zero-order valence-corrected chi connectivity index (χ0v) is 14.1. The smallest absolute Gasteiger partial charge is 0.253 e. The van der Waals surface area contributed by atoms with Crippen molar-refractivity contribution in [3.05, 3.63) is 49.7 Å². The van der Waals surface area contributed by atoms with Gasteiger partial charge < -0.3 is 9.73 Å². The summed E-state index contributed by atoms with van der Waals surface area (Å²) in [4.78, 5) is 16.3. The highest BCUT2D eigenvalue weighted by atomic mass is 127. The number of amides is 1. The lowest BCUT2D eigenvalue weighted by atomic mass is 10.2. The Hall–Kier alpha value is -0.890. The summed E-state index contributed by atoms with van der Waals surface area (Å²) in [5.41, 5.74) is 0.630. The molecule has 0 aliphatic carbocycles. The fourth-order valence-corrected chi connectivity index (χ4v) is 2.52. The van der Waals surface area contributed by atoms with Crippen molar-refractivity contribution in [2.75, 3.05) is 0 Å². The summed E-state index contributed by atoms with van der Waals surface area (Å²) in [7, 11) is 0. The monoisotopic (exact) mass is 434 g/mol. The average Bonchev–Trinajstić information content (AvgIpc) is 2.79. The quantitative estimate of drug-likeness (QED) is 0.746. The Bertz CT molecular complexity index is 612. The van der Waals surface area contributed by atoms with Gasteiger partial charge in [-0.2, -0.15) is 0 Å². The van der Waals surface area contributed by atoms with E-state index in [-0.39, 0.29) is 11.9 Å². The highest BCUT2D eigenvalue weighted by Gasteiger charge is 2.17. The van der Waals surface area contributed by atoms with E-state index in [9.17, 15) is 4.79 Å². The maximum Gasteiger partial charge on any atom is 0.253 e. The maximum atomic E-state index is 12.2. The van der Waals surface area contributed by atoms with E-state index in [0.717, 1.165) is 13.8 Å². The van der Waals surface area contributed by atoms with Gasteiger partial charge in [0.25, 0.3) is 5.91 Å². The van der Waals surface area contributed by atoms with E-state index in [0.29, 0.717) is 11.5 Å². The summed E-state index contributed by atoms with van der Waals surface area (Å²) >= 11 is 5.50. The standard InChI is InChI=1S/C13H12BrIN2O2/c1-7-6-16-13(19-7)8(2)17-12(18)10-5-9(14)3-4-11(10)15/h3-6,8H,1-2H3,(H,17,18). The molecule has 1 N–H and O–H groups in total. The molecular formula is C13H12BrIN2O2. The fourth-order valence-electron chi connectivity index (χ4n) is 1.58. The molecule has 4 nitrogen and oxygen atoms in total. The number of hydrogen-bond donors (Lipinski definition) is 1. The van der Waals surface area contributed by atoms with Crippen LogP contribution in [0.15, 0.2) is 33.3 Å². The molecule has 0 saturated heterocycles. The summed E-state index contributed by atoms with van der Waals surface area (Å²) in [6.07, 6.45) is 1.64. The van der Waals surface area contributed by atoms with Crippen molar-refractivity contribution in [3.63, 3.8) is 0 Å². The second-order valence-corrected chi connectivity index (χ2v) is 6.21. The Balaban J connectivity index is 2.15. The molecule has 0 radical (unpaired) electrons. The van der Waals surface area contributed by atoms with E-state index in [1.165, 1.54) is 0 Å². The van der Waals surface area contributed by atoms with Crippen molar-refractivity contribution in [1.29, 1.82) is 0 Å². The molecule has 2 aromatic rings. The molecule has 1 atom stereocenters. The number of benzene rings is 1. The molecule has 0 spiro atoms. The molecule has 1 heterocycles. The average molecular weight is 435 g/mol. The molecule has 0 fully saturated rings. The summed E-state index contributed by atoms with van der Waals surface area (Å²) in [5, 5.41) is 2.87. The summed E-state index contributed by atoms with van der Waals surface area (Å²) in [6, 6.07) is 5.32. The Kier molecular flexibility index (Phi) is 4.62. The van der Waals surface area contributed by atoms with Crippen LogP contribution in [0.2, 0.25) is 0 Å². The van der Waals surface area contributed by atoms with E-state index < -0.39 is 0 Å². The highest BCUT2D eigenvalue weighted by molar-refractivity contribution is 14.1. The molecule has 1 aromatic carbocycles. The number of carbonyl (C=O) groups excluding carboxylic acids is 1. The van der Waals surface area contributed by atoms with Crippen molar-refractivity contribution in [2.24, 2.45) is 0 Å². The highest BCUT2D eigenvalue weighted by Crippen LogP contribution is 2.20. The third kappa shape index (κ3) is 3.56. The van der Waals surface area contributed by atoms with Crippen LogP contribution in [-0.2, 0) is 0 Å². The van der Waals surface area contributed by atoms with E-state index in [1.807, 2.05) is 26.0 Å². The lowest BCUT2D eigenvalue weighted by Crippen LogP contribution is -2.27. The first-order chi connectivity index (χ1) is 8.97. The lowest BCUT2D eigenvalue weighted by Gasteiger charge is -2.11. The Morgan fingerprint density at radius 2 is 2.26 bits per heavy atom. The van der Waals surface area contributed by atoms with E-state index in [1.54, 1.807) is 12.3 Å². The first kappa shape index (κ1) is 14.5. The minimum atomic E-state index is -0.268. The molecule has 0 aliphatic heterocycles. The Morgan fingerprint density at radius 1 is 1.53 bits per heavy atom. The van der Waals surface area contributed by atoms with Crippen LogP contribution in [0.5, 0.6) is 0 Å². The van der Waals surface area contributed by atoms with Gasteiger partial charge >= 0.3 is 0 Å². The van der Waals surface area contributed by atoms with Crippen molar-refractivity contribution in [1.82, 2.24) is 10.3 Å². The van der Waals surface area contributed by atoms with Gasteiger partial charge in [-0.3, -0.25) is 4.79 Å². The number of oxazole rings is 1. The fraction of sp³-hybridized carbons (Fsp3) is 0.231. The molecule has 0 saturated carbocycles. The molecular weight excluding hydrogens is 423 g/mol. The second kappa shape index (κ2) is 6.04. The van der Waals surface area contributed by atoms with Crippen LogP contribution in [0, 0.1) is 10.5 Å². The SMILES string of the molecule is Cc1cnc(C(C)NC(=O)c2cc(Br)ccc2I)o1. The summed E-state index contributed by atoms with van der Waals surface area (Å²) < 4.78 is 7.17. The van der Waals surface area contributed by atoms with Crippen molar-refractivity contribution >= 4 is 44.4 Å². The van der Waals surface area contributed by atoms with Gasteiger partial charge in [0, 0.05) is 8.04 Å². The zero-order chi connectivity index (χ0) is 14.0. The molecule has 1 aromatic heterocycles. The molecule has 0 bridgehead atoms. The molecule has 1 unspecified atom stereocenters. The molecule has 0 aliphatic rings. The number of nitrogens with zero attached hydrogens (tertiary/aromatic N) is 1. The minimum Gasteiger partial charge on any atom is -0.444 e. The van der Waals surface area contributed by atoms with Gasteiger partial charge in [0.1, 0.15) is 11.8 Å². The van der Waals surface area contributed by atoms with E-state index in [4.69, 9.17) is 4.42 Å². The number of carbonyl (C=O) groups is 1. The first-order valence-electron chi connectivity index (χ1n) is 5.65. The number of nitrogens with one attached hydrogen (secondary N) is 1. The van der Waals surface area contributed by atoms with Gasteiger partial charge in [0.05, 0.1) is 11.8 Å². The van der Waals surface area contributed by atoms with Crippen molar-refractivity contribution in [3.8, 4) is 0 Å². The first-order valence-corrected chi connectivity index (χ1v) is 7.53. The van der Waals surface area contributed by atoms with Crippen LogP contribution in [-0.4, -0.2) is 10.9 Å². The maximum absolute atomic E-state index is 12.2. The van der Waals surface area contributed by atoms with Gasteiger partial charge in [0.2, 0.25) is 5.89 Å². The molecule has 1 amide bonds. The number of hydrogen-bond acceptors (Lipinski definition) is 3. The lowest BCUT2D eigenvalue weighted by molar-refractivity contribution is 0.0933. The number of halogens is 2. The Labute approximate surface area is 133 Å². The van der Waals surface area contributed by atoms with Crippen molar-refractivity contribution in [2.45, 2.75) is 19.9 Å². The van der Waals surface area contributed by atoms with Gasteiger partial charge in [-0.15, -0.1) is 0 Å². The molecule has 6 heteroatoms. The van der Waals surface area contributed by atoms with Crippen LogP contribution in [0.25, 0.3) is 0 Å². The number of aromatic nitrogens is 1. The van der Waals surface area contributed by atoms with E-state index in [2.05, 4.69) is 48.8 Å². The van der Waals surface area contributed by atoms with Gasteiger partial charge in [0.15, 0.2) is 0 Å². The number of rotatable bonds is 3. The molecule has 100 valence electrons. The summed E-state index contributed by atoms with van der Waals surface area (Å²) in [6.45, 7) is 3.66. The van der Waals surface area contributed by atoms with Crippen LogP contribution in [0.4, 0.5) is 0 Å². The Morgan fingerprint density at radius 3 is 2.89 bits per heavy atom. The third-order valence-corrected chi connectivity index (χ3v) is 3.96. The minimum absolute atomic E-state index is 0.144. The predicted octanol–water partition coefficient (Wildman–Crippen LogP) is 3.84. The van der Waals surface area contributed by atoms with Gasteiger partial charge in [-0.1, -0.05) is 15.9 Å². The normalized spacial score (nSPS) is 12.2. The predicted molar refractivity (Wildman–Crippen MR) is 84.0 cm³/mol. The van der Waals surface area contributed by atoms with Crippen LogP contribution in [0.1, 0.15) is 35.0 Å². The third-order valence-electron chi connectivity index (χ3n) is 2.53. The van der Waals surface area contributed by atoms with Gasteiger partial charge in [-0.25, -0.2) is 4.98 Å². The van der Waals surface area contributed by atoms with Crippen LogP contribution >= 0.6 is 38.5 Å². The topological polar surface area (TPSA) is 55.1 Å². The summed E-state index contributed by atoms with van der Waals surface area (Å²) in [5.74, 6) is 1.10. The zero-order valence-electron chi connectivity index (χ0n) is 10.4. The number of aryl methyl sites for hydroxylation is 1. The largest absolute Gasteiger partial charge is 0.444 e. The second-order valence-electron chi connectivity index (χ2n) is 4.13. The van der Waals surface area contributed by atoms with Crippen LogP contribution in [0.3, 0.4) is 0 Å².